The lowest BCUT2D eigenvalue weighted by Crippen LogP contribution is -2.35. The van der Waals surface area contributed by atoms with Crippen molar-refractivity contribution in [1.29, 1.82) is 0 Å². The molecule has 102 valence electrons. The van der Waals surface area contributed by atoms with Crippen LogP contribution in [-0.2, 0) is 0 Å². The molecule has 0 radical (unpaired) electrons. The standard InChI is InChI=1S/C16H27NO/c1-7-15(11(2)3)17-13(5)14-10-12(4)8-9-16(14)18-6/h8-11,13,15,17H,7H2,1-6H3. The highest BCUT2D eigenvalue weighted by atomic mass is 16.5. The van der Waals surface area contributed by atoms with Gasteiger partial charge in [-0.15, -0.1) is 0 Å². The van der Waals surface area contributed by atoms with Crippen LogP contribution in [0, 0.1) is 12.8 Å². The summed E-state index contributed by atoms with van der Waals surface area (Å²) in [6, 6.07) is 7.22. The van der Waals surface area contributed by atoms with Gasteiger partial charge in [-0.05, 0) is 32.3 Å². The fraction of sp³-hybridized carbons (Fsp3) is 0.625. The number of benzene rings is 1. The number of nitrogens with one attached hydrogen (secondary N) is 1. The van der Waals surface area contributed by atoms with Crippen LogP contribution in [0.3, 0.4) is 0 Å². The van der Waals surface area contributed by atoms with Gasteiger partial charge in [-0.3, -0.25) is 0 Å². The Kier molecular flexibility index (Phi) is 5.67. The molecule has 1 aromatic carbocycles. The van der Waals surface area contributed by atoms with Gasteiger partial charge in [0.05, 0.1) is 7.11 Å². The SMILES string of the molecule is CCC(NC(C)c1cc(C)ccc1OC)C(C)C. The molecule has 0 heterocycles. The first-order valence-electron chi connectivity index (χ1n) is 6.90. The van der Waals surface area contributed by atoms with Crippen molar-refractivity contribution in [3.8, 4) is 5.75 Å². The maximum Gasteiger partial charge on any atom is 0.123 e. The average molecular weight is 249 g/mol. The molecule has 0 fully saturated rings. The third kappa shape index (κ3) is 3.74. The molecule has 0 aliphatic rings. The molecule has 0 saturated heterocycles. The quantitative estimate of drug-likeness (QED) is 0.820. The fourth-order valence-electron chi connectivity index (χ4n) is 2.38. The van der Waals surface area contributed by atoms with E-state index in [9.17, 15) is 0 Å². The molecule has 2 atom stereocenters. The zero-order valence-corrected chi connectivity index (χ0v) is 12.6. The van der Waals surface area contributed by atoms with E-state index in [1.807, 2.05) is 0 Å². The summed E-state index contributed by atoms with van der Waals surface area (Å²) in [5.74, 6) is 1.62. The molecule has 18 heavy (non-hydrogen) atoms. The third-order valence-electron chi connectivity index (χ3n) is 3.56. The van der Waals surface area contributed by atoms with Crippen LogP contribution in [0.5, 0.6) is 5.75 Å². The van der Waals surface area contributed by atoms with Crippen molar-refractivity contribution in [3.63, 3.8) is 0 Å². The Morgan fingerprint density at radius 2 is 1.89 bits per heavy atom. The molecule has 2 nitrogen and oxygen atoms in total. The lowest BCUT2D eigenvalue weighted by Gasteiger charge is -2.26. The van der Waals surface area contributed by atoms with Crippen molar-refractivity contribution in [2.45, 2.75) is 53.1 Å². The summed E-state index contributed by atoms with van der Waals surface area (Å²) in [4.78, 5) is 0. The number of hydrogen-bond acceptors (Lipinski definition) is 2. The molecule has 2 heteroatoms. The fourth-order valence-corrected chi connectivity index (χ4v) is 2.38. The number of rotatable bonds is 6. The highest BCUT2D eigenvalue weighted by molar-refractivity contribution is 5.38. The van der Waals surface area contributed by atoms with Gasteiger partial charge in [-0.2, -0.15) is 0 Å². The molecule has 1 aromatic rings. The maximum absolute atomic E-state index is 5.46. The second-order valence-corrected chi connectivity index (χ2v) is 5.39. The van der Waals surface area contributed by atoms with Crippen molar-refractivity contribution in [2.24, 2.45) is 5.92 Å². The van der Waals surface area contributed by atoms with Gasteiger partial charge in [0.1, 0.15) is 5.75 Å². The van der Waals surface area contributed by atoms with E-state index in [1.54, 1.807) is 7.11 Å². The van der Waals surface area contributed by atoms with E-state index in [1.165, 1.54) is 11.1 Å². The lowest BCUT2D eigenvalue weighted by molar-refractivity contribution is 0.345. The topological polar surface area (TPSA) is 21.3 Å². The summed E-state index contributed by atoms with van der Waals surface area (Å²) in [6.07, 6.45) is 1.15. The van der Waals surface area contributed by atoms with E-state index in [-0.39, 0.29) is 0 Å². The minimum absolute atomic E-state index is 0.312. The largest absolute Gasteiger partial charge is 0.496 e. The molecular formula is C16H27NO. The molecule has 0 spiro atoms. The Hall–Kier alpha value is -1.02. The second kappa shape index (κ2) is 6.79. The summed E-state index contributed by atoms with van der Waals surface area (Å²) in [7, 11) is 1.74. The summed E-state index contributed by atoms with van der Waals surface area (Å²) in [5, 5.41) is 3.70. The molecule has 0 saturated carbocycles. The zero-order chi connectivity index (χ0) is 13.7. The summed E-state index contributed by atoms with van der Waals surface area (Å²) < 4.78 is 5.46. The van der Waals surface area contributed by atoms with Crippen molar-refractivity contribution in [3.05, 3.63) is 29.3 Å². The second-order valence-electron chi connectivity index (χ2n) is 5.39. The molecule has 0 aliphatic carbocycles. The van der Waals surface area contributed by atoms with Crippen LogP contribution in [0.15, 0.2) is 18.2 Å². The molecular weight excluding hydrogens is 222 g/mol. The van der Waals surface area contributed by atoms with Gasteiger partial charge in [0.2, 0.25) is 0 Å². The van der Waals surface area contributed by atoms with Gasteiger partial charge in [0.15, 0.2) is 0 Å². The first kappa shape index (κ1) is 15.0. The van der Waals surface area contributed by atoms with E-state index in [0.717, 1.165) is 12.2 Å². The van der Waals surface area contributed by atoms with E-state index >= 15 is 0 Å². The average Bonchev–Trinajstić information content (AvgIpc) is 2.35. The van der Waals surface area contributed by atoms with Crippen LogP contribution >= 0.6 is 0 Å². The Labute approximate surface area is 112 Å². The third-order valence-corrected chi connectivity index (χ3v) is 3.56. The smallest absolute Gasteiger partial charge is 0.123 e. The molecule has 0 aliphatic heterocycles. The molecule has 0 bridgehead atoms. The highest BCUT2D eigenvalue weighted by Gasteiger charge is 2.17. The van der Waals surface area contributed by atoms with E-state index < -0.39 is 0 Å². The van der Waals surface area contributed by atoms with Crippen molar-refractivity contribution < 1.29 is 4.74 Å². The van der Waals surface area contributed by atoms with Gasteiger partial charge in [0.25, 0.3) is 0 Å². The number of ether oxygens (including phenoxy) is 1. The first-order valence-corrected chi connectivity index (χ1v) is 6.90. The van der Waals surface area contributed by atoms with Crippen LogP contribution in [0.2, 0.25) is 0 Å². The van der Waals surface area contributed by atoms with Crippen LogP contribution in [-0.4, -0.2) is 13.2 Å². The summed E-state index contributed by atoms with van der Waals surface area (Å²) in [5.41, 5.74) is 2.52. The Balaban J connectivity index is 2.88. The Bertz CT molecular complexity index is 373. The van der Waals surface area contributed by atoms with Crippen LogP contribution < -0.4 is 10.1 Å². The van der Waals surface area contributed by atoms with Crippen molar-refractivity contribution >= 4 is 0 Å². The Morgan fingerprint density at radius 1 is 1.22 bits per heavy atom. The molecule has 0 amide bonds. The van der Waals surface area contributed by atoms with Crippen molar-refractivity contribution in [2.75, 3.05) is 7.11 Å². The van der Waals surface area contributed by atoms with Gasteiger partial charge < -0.3 is 10.1 Å². The first-order chi connectivity index (χ1) is 8.49. The Morgan fingerprint density at radius 3 is 2.39 bits per heavy atom. The zero-order valence-electron chi connectivity index (χ0n) is 12.6. The molecule has 2 unspecified atom stereocenters. The minimum atomic E-state index is 0.312. The van der Waals surface area contributed by atoms with Gasteiger partial charge in [-0.25, -0.2) is 0 Å². The maximum atomic E-state index is 5.46. The predicted molar refractivity (Wildman–Crippen MR) is 78.2 cm³/mol. The molecule has 0 aromatic heterocycles. The summed E-state index contributed by atoms with van der Waals surface area (Å²) in [6.45, 7) is 11.1. The van der Waals surface area contributed by atoms with Gasteiger partial charge in [0, 0.05) is 17.6 Å². The summed E-state index contributed by atoms with van der Waals surface area (Å²) >= 11 is 0. The number of hydrogen-bond donors (Lipinski definition) is 1. The monoisotopic (exact) mass is 249 g/mol. The number of methoxy groups -OCH3 is 1. The number of aryl methyl sites for hydroxylation is 1. The van der Waals surface area contributed by atoms with Gasteiger partial charge in [-0.1, -0.05) is 38.5 Å². The van der Waals surface area contributed by atoms with Crippen LogP contribution in [0.25, 0.3) is 0 Å². The van der Waals surface area contributed by atoms with Crippen LogP contribution in [0.4, 0.5) is 0 Å². The lowest BCUT2D eigenvalue weighted by atomic mass is 9.98. The molecule has 1 rings (SSSR count). The molecule has 1 N–H and O–H groups in total. The minimum Gasteiger partial charge on any atom is -0.496 e. The van der Waals surface area contributed by atoms with Crippen LogP contribution in [0.1, 0.15) is 51.3 Å². The normalized spacial score (nSPS) is 14.6. The highest BCUT2D eigenvalue weighted by Crippen LogP contribution is 2.27. The van der Waals surface area contributed by atoms with E-state index in [2.05, 4.69) is 58.1 Å². The van der Waals surface area contributed by atoms with Crippen molar-refractivity contribution in [1.82, 2.24) is 5.32 Å². The predicted octanol–water partition coefficient (Wildman–Crippen LogP) is 4.09. The van der Waals surface area contributed by atoms with Gasteiger partial charge >= 0.3 is 0 Å². The van der Waals surface area contributed by atoms with E-state index in [0.29, 0.717) is 18.0 Å². The van der Waals surface area contributed by atoms with E-state index in [4.69, 9.17) is 4.74 Å².